The zero-order valence-corrected chi connectivity index (χ0v) is 12.1. The molecule has 0 bridgehead atoms. The van der Waals surface area contributed by atoms with Crippen molar-refractivity contribution in [1.82, 2.24) is 0 Å². The number of ether oxygens (including phenoxy) is 2. The fourth-order valence-corrected chi connectivity index (χ4v) is 2.03. The van der Waals surface area contributed by atoms with Crippen LogP contribution >= 0.6 is 0 Å². The van der Waals surface area contributed by atoms with Gasteiger partial charge >= 0.3 is 5.97 Å². The zero-order valence-electron chi connectivity index (χ0n) is 12.1. The molecule has 0 aliphatic carbocycles. The summed E-state index contributed by atoms with van der Waals surface area (Å²) < 4.78 is 9.45. The topological polar surface area (TPSA) is 93.1 Å². The van der Waals surface area contributed by atoms with E-state index in [-0.39, 0.29) is 18.6 Å². The van der Waals surface area contributed by atoms with E-state index in [1.165, 1.54) is 0 Å². The first kappa shape index (κ1) is 17.1. The molecule has 2 atom stereocenters. The molecular formula is C15H20O6. The van der Waals surface area contributed by atoms with E-state index in [1.54, 1.807) is 25.1 Å². The van der Waals surface area contributed by atoms with Crippen LogP contribution in [0.5, 0.6) is 0 Å². The summed E-state index contributed by atoms with van der Waals surface area (Å²) in [5.74, 6) is -1.46. The minimum Gasteiger partial charge on any atom is -0.462 e. The van der Waals surface area contributed by atoms with Gasteiger partial charge in [0.15, 0.2) is 0 Å². The van der Waals surface area contributed by atoms with Gasteiger partial charge in [-0.3, -0.25) is 4.79 Å². The van der Waals surface area contributed by atoms with Crippen molar-refractivity contribution in [2.24, 2.45) is 0 Å². The van der Waals surface area contributed by atoms with E-state index in [1.807, 2.05) is 6.92 Å². The second kappa shape index (κ2) is 8.39. The van der Waals surface area contributed by atoms with Crippen molar-refractivity contribution in [2.45, 2.75) is 32.5 Å². The molecule has 0 radical (unpaired) electrons. The number of aliphatic hydroxyl groups excluding tert-OH is 2. The number of carbonyl (C=O) groups excluding carboxylic acids is 2. The molecule has 0 aliphatic heterocycles. The van der Waals surface area contributed by atoms with Gasteiger partial charge in [-0.15, -0.1) is 0 Å². The van der Waals surface area contributed by atoms with E-state index in [2.05, 4.69) is 4.74 Å². The molecular weight excluding hydrogens is 276 g/mol. The molecule has 1 rings (SSSR count). The average Bonchev–Trinajstić information content (AvgIpc) is 2.48. The molecule has 0 fully saturated rings. The molecule has 1 aromatic rings. The number of aliphatic hydroxyl groups is 2. The van der Waals surface area contributed by atoms with Crippen molar-refractivity contribution < 1.29 is 29.3 Å². The fourth-order valence-electron chi connectivity index (χ4n) is 2.03. The van der Waals surface area contributed by atoms with Crippen molar-refractivity contribution in [3.8, 4) is 0 Å². The molecule has 1 aromatic carbocycles. The summed E-state index contributed by atoms with van der Waals surface area (Å²) in [6.07, 6.45) is -0.808. The van der Waals surface area contributed by atoms with Crippen LogP contribution in [0.2, 0.25) is 0 Å². The molecule has 21 heavy (non-hydrogen) atoms. The maximum absolute atomic E-state index is 12.0. The molecule has 0 spiro atoms. The van der Waals surface area contributed by atoms with Crippen LogP contribution in [0.25, 0.3) is 0 Å². The molecule has 0 saturated heterocycles. The standard InChI is InChI=1S/C15H20O6/c1-3-10-5-6-11(12(7-10)14(18)20-4-2)13(8-16)15(19)21-9-17/h5-7,9,13,15-16,19H,3-4,8H2,1-2H3. The summed E-state index contributed by atoms with van der Waals surface area (Å²) in [7, 11) is 0. The second-order valence-electron chi connectivity index (χ2n) is 4.41. The molecule has 2 N–H and O–H groups in total. The van der Waals surface area contributed by atoms with E-state index in [0.29, 0.717) is 5.56 Å². The zero-order chi connectivity index (χ0) is 15.8. The second-order valence-corrected chi connectivity index (χ2v) is 4.41. The quantitative estimate of drug-likeness (QED) is 0.422. The predicted octanol–water partition coefficient (Wildman–Crippen LogP) is 0.993. The van der Waals surface area contributed by atoms with E-state index >= 15 is 0 Å². The van der Waals surface area contributed by atoms with Crippen LogP contribution in [0, 0.1) is 0 Å². The van der Waals surface area contributed by atoms with Crippen molar-refractivity contribution >= 4 is 12.4 Å². The van der Waals surface area contributed by atoms with E-state index < -0.39 is 24.8 Å². The van der Waals surface area contributed by atoms with E-state index in [4.69, 9.17) is 4.74 Å². The highest BCUT2D eigenvalue weighted by Gasteiger charge is 2.27. The van der Waals surface area contributed by atoms with Crippen LogP contribution < -0.4 is 0 Å². The fraction of sp³-hybridized carbons (Fsp3) is 0.467. The highest BCUT2D eigenvalue weighted by molar-refractivity contribution is 5.91. The first-order valence-electron chi connectivity index (χ1n) is 6.76. The van der Waals surface area contributed by atoms with Gasteiger partial charge in [0.1, 0.15) is 0 Å². The van der Waals surface area contributed by atoms with Gasteiger partial charge in [0, 0.05) is 0 Å². The molecule has 0 heterocycles. The number of rotatable bonds is 8. The lowest BCUT2D eigenvalue weighted by atomic mass is 9.92. The maximum atomic E-state index is 12.0. The van der Waals surface area contributed by atoms with Gasteiger partial charge < -0.3 is 19.7 Å². The van der Waals surface area contributed by atoms with Crippen LogP contribution in [0.3, 0.4) is 0 Å². The molecule has 116 valence electrons. The summed E-state index contributed by atoms with van der Waals surface area (Å²) >= 11 is 0. The predicted molar refractivity (Wildman–Crippen MR) is 74.8 cm³/mol. The minimum atomic E-state index is -1.53. The monoisotopic (exact) mass is 296 g/mol. The molecule has 6 nitrogen and oxygen atoms in total. The lowest BCUT2D eigenvalue weighted by Crippen LogP contribution is -2.26. The normalized spacial score (nSPS) is 13.3. The summed E-state index contributed by atoms with van der Waals surface area (Å²) in [5.41, 5.74) is 1.55. The average molecular weight is 296 g/mol. The van der Waals surface area contributed by atoms with Crippen LogP contribution in [-0.2, 0) is 20.7 Å². The van der Waals surface area contributed by atoms with Crippen molar-refractivity contribution in [3.05, 3.63) is 34.9 Å². The number of carbonyl (C=O) groups is 2. The highest BCUT2D eigenvalue weighted by atomic mass is 16.6. The number of aryl methyl sites for hydroxylation is 1. The van der Waals surface area contributed by atoms with Gasteiger partial charge in [-0.05, 0) is 30.5 Å². The highest BCUT2D eigenvalue weighted by Crippen LogP contribution is 2.26. The number of hydrogen-bond acceptors (Lipinski definition) is 6. The Balaban J connectivity index is 3.24. The van der Waals surface area contributed by atoms with Crippen LogP contribution in [0.15, 0.2) is 18.2 Å². The van der Waals surface area contributed by atoms with Gasteiger partial charge in [-0.2, -0.15) is 0 Å². The first-order chi connectivity index (χ1) is 10.1. The Morgan fingerprint density at radius 2 is 2.10 bits per heavy atom. The maximum Gasteiger partial charge on any atom is 0.338 e. The third-order valence-electron chi connectivity index (χ3n) is 3.16. The lowest BCUT2D eigenvalue weighted by Gasteiger charge is -2.22. The first-order valence-corrected chi connectivity index (χ1v) is 6.76. The number of benzene rings is 1. The van der Waals surface area contributed by atoms with E-state index in [9.17, 15) is 19.8 Å². The Kier molecular flexibility index (Phi) is 6.84. The Morgan fingerprint density at radius 1 is 1.38 bits per heavy atom. The molecule has 0 aromatic heterocycles. The summed E-state index contributed by atoms with van der Waals surface area (Å²) in [5, 5.41) is 19.2. The SMILES string of the molecule is CCOC(=O)c1cc(CC)ccc1C(CO)C(O)OC=O. The van der Waals surface area contributed by atoms with Gasteiger partial charge in [0.05, 0.1) is 24.7 Å². The lowest BCUT2D eigenvalue weighted by molar-refractivity contribution is -0.157. The van der Waals surface area contributed by atoms with Crippen LogP contribution in [-0.4, -0.2) is 42.2 Å². The summed E-state index contributed by atoms with van der Waals surface area (Å²) in [4.78, 5) is 22.4. The number of hydrogen-bond donors (Lipinski definition) is 2. The van der Waals surface area contributed by atoms with Gasteiger partial charge in [-0.1, -0.05) is 19.1 Å². The largest absolute Gasteiger partial charge is 0.462 e. The van der Waals surface area contributed by atoms with Crippen LogP contribution in [0.1, 0.15) is 41.3 Å². The Hall–Kier alpha value is -1.92. The molecule has 0 aliphatic rings. The smallest absolute Gasteiger partial charge is 0.338 e. The van der Waals surface area contributed by atoms with Crippen LogP contribution in [0.4, 0.5) is 0 Å². The third-order valence-corrected chi connectivity index (χ3v) is 3.16. The Labute approximate surface area is 123 Å². The Morgan fingerprint density at radius 3 is 2.62 bits per heavy atom. The van der Waals surface area contributed by atoms with Crippen molar-refractivity contribution in [3.63, 3.8) is 0 Å². The van der Waals surface area contributed by atoms with E-state index in [0.717, 1.165) is 12.0 Å². The van der Waals surface area contributed by atoms with Gasteiger partial charge in [0.2, 0.25) is 6.29 Å². The third kappa shape index (κ3) is 4.27. The molecule has 0 amide bonds. The summed E-state index contributed by atoms with van der Waals surface area (Å²) in [6, 6.07) is 5.07. The van der Waals surface area contributed by atoms with Crippen molar-refractivity contribution in [2.75, 3.05) is 13.2 Å². The molecule has 0 saturated carbocycles. The number of esters is 1. The minimum absolute atomic E-state index is 0.0950. The Bertz CT molecular complexity index is 485. The van der Waals surface area contributed by atoms with Gasteiger partial charge in [-0.25, -0.2) is 4.79 Å². The summed E-state index contributed by atoms with van der Waals surface area (Å²) in [6.45, 7) is 3.46. The molecule has 2 unspecified atom stereocenters. The van der Waals surface area contributed by atoms with Gasteiger partial charge in [0.25, 0.3) is 6.47 Å². The molecule has 6 heteroatoms. The van der Waals surface area contributed by atoms with Crippen molar-refractivity contribution in [1.29, 1.82) is 0 Å².